The molecule has 4 amide bonds. The maximum absolute atomic E-state index is 13.8. The summed E-state index contributed by atoms with van der Waals surface area (Å²) in [4.78, 5) is 89.3. The summed E-state index contributed by atoms with van der Waals surface area (Å²) in [5.74, 6) is 2.01. The van der Waals surface area contributed by atoms with Crippen LogP contribution in [0.3, 0.4) is 0 Å². The molecular formula is C80H82BBrN12O11. The maximum Gasteiger partial charge on any atom is 0.495 e. The van der Waals surface area contributed by atoms with Crippen LogP contribution in [0.15, 0.2) is 163 Å². The van der Waals surface area contributed by atoms with Gasteiger partial charge in [-0.05, 0) is 188 Å². The lowest BCUT2D eigenvalue weighted by molar-refractivity contribution is -0.142. The van der Waals surface area contributed by atoms with Crippen molar-refractivity contribution in [2.45, 2.75) is 109 Å². The third-order valence-corrected chi connectivity index (χ3v) is 21.4. The summed E-state index contributed by atoms with van der Waals surface area (Å²) in [5.41, 5.74) is 14.8. The van der Waals surface area contributed by atoms with Crippen LogP contribution >= 0.6 is 15.9 Å². The minimum atomic E-state index is -0.621. The number of hydrogen-bond donors (Lipinski definition) is 3. The van der Waals surface area contributed by atoms with Crippen molar-refractivity contribution in [1.29, 1.82) is 0 Å². The number of ether oxygens (including phenoxy) is 3. The number of aromatic nitrogens is 6. The summed E-state index contributed by atoms with van der Waals surface area (Å²) in [6.07, 6.45) is 20.8. The van der Waals surface area contributed by atoms with Crippen LogP contribution in [-0.2, 0) is 54.4 Å². The molecule has 6 aromatic heterocycles. The molecule has 11 heterocycles. The van der Waals surface area contributed by atoms with Crippen LogP contribution in [0.4, 0.5) is 34.4 Å². The Balaban J connectivity index is 0.000000133. The molecule has 0 bridgehead atoms. The van der Waals surface area contributed by atoms with Gasteiger partial charge in [-0.3, -0.25) is 24.0 Å². The number of pyridine rings is 4. The molecule has 0 unspecified atom stereocenters. The van der Waals surface area contributed by atoms with E-state index in [1.807, 2.05) is 122 Å². The van der Waals surface area contributed by atoms with Gasteiger partial charge in [0.05, 0.1) is 78.1 Å². The Labute approximate surface area is 617 Å². The van der Waals surface area contributed by atoms with Crippen molar-refractivity contribution >= 4 is 104 Å². The zero-order chi connectivity index (χ0) is 72.7. The SMILES string of the molecule is CC(=O)OCc1c(B2OC(C)(C)C(C)(C)O2)cccc1N1CCc2cc(C3CC3)ccc2C1=O.O=C(c1ccc(Nc2cc(-c3cccc(N4CCc5cc(C6CC6)ccc5C4=O)c3CO)cn3ccnc23)nc1)N1CCOCC1.O=C(c1ccc(Nc2cc(Br)cn3ccnc23)nc1)N1CCOCC1. The fraction of sp³-hybridized carbons (Fsp3) is 0.338. The van der Waals surface area contributed by atoms with Gasteiger partial charge in [-0.1, -0.05) is 48.5 Å². The summed E-state index contributed by atoms with van der Waals surface area (Å²) >= 11 is 3.49. The number of carbonyl (C=O) groups excluding carboxylic acids is 5. The first-order valence-corrected chi connectivity index (χ1v) is 36.7. The van der Waals surface area contributed by atoms with Crippen molar-refractivity contribution in [3.05, 3.63) is 219 Å². The molecular weight excluding hydrogens is 1400 g/mol. The summed E-state index contributed by atoms with van der Waals surface area (Å²) in [6, 6.07) is 35.2. The molecule has 2 aliphatic carbocycles. The molecule has 105 heavy (non-hydrogen) atoms. The highest BCUT2D eigenvalue weighted by molar-refractivity contribution is 9.10. The number of nitrogens with zero attached hydrogens (tertiary/aromatic N) is 10. The summed E-state index contributed by atoms with van der Waals surface area (Å²) in [6.45, 7) is 15.0. The molecule has 5 aliphatic heterocycles. The van der Waals surface area contributed by atoms with Gasteiger partial charge in [0.2, 0.25) is 0 Å². The average molecular weight is 1480 g/mol. The zero-order valence-corrected chi connectivity index (χ0v) is 60.9. The van der Waals surface area contributed by atoms with E-state index in [-0.39, 0.29) is 42.8 Å². The van der Waals surface area contributed by atoms with Crippen LogP contribution in [-0.4, -0.2) is 157 Å². The molecule has 0 spiro atoms. The van der Waals surface area contributed by atoms with Gasteiger partial charge in [-0.25, -0.2) is 19.9 Å². The predicted molar refractivity (Wildman–Crippen MR) is 403 cm³/mol. The number of rotatable bonds is 15. The lowest BCUT2D eigenvalue weighted by Gasteiger charge is -2.32. The van der Waals surface area contributed by atoms with Crippen molar-refractivity contribution in [3.63, 3.8) is 0 Å². The van der Waals surface area contributed by atoms with E-state index in [0.29, 0.717) is 123 Å². The number of halogens is 1. The molecule has 0 atom stereocenters. The Hall–Kier alpha value is -10.1. The van der Waals surface area contributed by atoms with Gasteiger partial charge in [0, 0.05) is 128 Å². The number of hydrogen-bond acceptors (Lipinski definition) is 17. The number of aliphatic hydroxyl groups is 1. The van der Waals surface area contributed by atoms with Gasteiger partial charge in [0.25, 0.3) is 23.6 Å². The minimum Gasteiger partial charge on any atom is -0.461 e. The van der Waals surface area contributed by atoms with E-state index >= 15 is 0 Å². The average Bonchev–Trinajstić information content (AvgIpc) is 1.71. The second kappa shape index (κ2) is 29.8. The molecule has 17 rings (SSSR count). The van der Waals surface area contributed by atoms with E-state index in [1.54, 1.807) is 68.7 Å². The van der Waals surface area contributed by atoms with Crippen molar-refractivity contribution in [2.24, 2.45) is 0 Å². The van der Waals surface area contributed by atoms with Crippen LogP contribution in [0.5, 0.6) is 0 Å². The van der Waals surface area contributed by atoms with Crippen LogP contribution in [0, 0.1) is 0 Å². The highest BCUT2D eigenvalue weighted by Gasteiger charge is 2.53. The second-order valence-corrected chi connectivity index (χ2v) is 29.3. The van der Waals surface area contributed by atoms with Crippen molar-refractivity contribution in [2.75, 3.05) is 86.1 Å². The number of imidazole rings is 2. The Kier molecular flexibility index (Phi) is 20.0. The van der Waals surface area contributed by atoms with Gasteiger partial charge in [0.1, 0.15) is 18.2 Å². The normalized spacial score (nSPS) is 17.5. The predicted octanol–water partition coefficient (Wildman–Crippen LogP) is 12.0. The Bertz CT molecular complexity index is 4950. The third kappa shape index (κ3) is 15.0. The first-order valence-electron chi connectivity index (χ1n) is 35.9. The standard InChI is InChI=1S/C36H34N6O4.C27H32BNO5.C17H16BrN5O2/c43-22-30-28(2-1-3-32(30)42-12-10-25-18-24(23-4-5-23)6-8-29(25)36(42)45)27-19-31(34-37-11-13-41(34)21-27)39-33-9-7-26(20-38-33)35(44)40-14-16-46-17-15-40;1-17(30)32-16-22-23(28-33-26(2,3)27(4,5)34-28)7-6-8-24(22)29-14-13-20-15-19(18-9-10-18)11-12-21(20)25(29)31;18-13-9-14(16-19-3-4-23(16)11-13)21-15-2-1-12(10-20-15)17(24)22-5-7-25-8-6-22/h1-3,6-9,11,13,18-21,23,43H,4-5,10,12,14-17,22H2,(H,38,39);6-8,11-12,15,18H,9-10,13-14,16H2,1-5H3;1-4,9-11H,5-8H2,(H,20,21). The van der Waals surface area contributed by atoms with E-state index in [1.165, 1.54) is 43.7 Å². The highest BCUT2D eigenvalue weighted by atomic mass is 79.9. The molecule has 7 aliphatic rings. The number of amides is 4. The Morgan fingerprint density at radius 2 is 1.09 bits per heavy atom. The largest absolute Gasteiger partial charge is 0.495 e. The quantitative estimate of drug-likeness (QED) is 0.0637. The summed E-state index contributed by atoms with van der Waals surface area (Å²) in [7, 11) is -0.621. The molecule has 0 radical (unpaired) electrons. The smallest absolute Gasteiger partial charge is 0.461 e. The van der Waals surface area contributed by atoms with E-state index < -0.39 is 18.3 Å². The Morgan fingerprint density at radius 1 is 0.590 bits per heavy atom. The van der Waals surface area contributed by atoms with Crippen LogP contribution in [0.1, 0.15) is 147 Å². The summed E-state index contributed by atoms with van der Waals surface area (Å²) in [5, 5.41) is 17.3. The fourth-order valence-corrected chi connectivity index (χ4v) is 14.6. The van der Waals surface area contributed by atoms with E-state index in [0.717, 1.165) is 78.7 Å². The number of esters is 1. The lowest BCUT2D eigenvalue weighted by Crippen LogP contribution is -2.42. The third-order valence-electron chi connectivity index (χ3n) is 20.9. The minimum absolute atomic E-state index is 0.0135. The molecule has 5 fully saturated rings. The molecule has 2 saturated carbocycles. The van der Waals surface area contributed by atoms with Crippen molar-refractivity contribution in [1.82, 2.24) is 38.5 Å². The topological polar surface area (TPSA) is 249 Å². The number of carbonyl (C=O) groups is 5. The van der Waals surface area contributed by atoms with Crippen molar-refractivity contribution in [3.8, 4) is 11.1 Å². The number of anilines is 6. The fourth-order valence-electron chi connectivity index (χ4n) is 14.2. The van der Waals surface area contributed by atoms with E-state index in [9.17, 15) is 29.1 Å². The van der Waals surface area contributed by atoms with Gasteiger partial charge >= 0.3 is 13.1 Å². The second-order valence-electron chi connectivity index (χ2n) is 28.4. The number of morpholine rings is 2. The molecule has 10 aromatic rings. The van der Waals surface area contributed by atoms with Gasteiger partial charge < -0.3 is 67.7 Å². The number of fused-ring (bicyclic) bond motifs is 4. The number of aliphatic hydroxyl groups excluding tert-OH is 1. The molecule has 4 aromatic carbocycles. The van der Waals surface area contributed by atoms with Crippen LogP contribution in [0.25, 0.3) is 22.4 Å². The molecule has 3 N–H and O–H groups in total. The van der Waals surface area contributed by atoms with Crippen LogP contribution in [0.2, 0.25) is 0 Å². The monoisotopic (exact) mass is 1480 g/mol. The molecule has 3 saturated heterocycles. The first-order chi connectivity index (χ1) is 50.8. The van der Waals surface area contributed by atoms with Gasteiger partial charge in [-0.15, -0.1) is 0 Å². The van der Waals surface area contributed by atoms with E-state index in [2.05, 4.69) is 70.8 Å². The van der Waals surface area contributed by atoms with Gasteiger partial charge in [0.15, 0.2) is 11.3 Å². The zero-order valence-electron chi connectivity index (χ0n) is 59.4. The Morgan fingerprint density at radius 3 is 1.57 bits per heavy atom. The van der Waals surface area contributed by atoms with Crippen molar-refractivity contribution < 1.29 is 52.6 Å². The van der Waals surface area contributed by atoms with E-state index in [4.69, 9.17) is 23.5 Å². The highest BCUT2D eigenvalue weighted by Crippen LogP contribution is 2.44. The first kappa shape index (κ1) is 70.5. The maximum atomic E-state index is 13.8. The molecule has 25 heteroatoms. The lowest BCUT2D eigenvalue weighted by atomic mass is 9.75. The molecule has 23 nitrogen and oxygen atoms in total. The number of nitrogens with one attached hydrogen (secondary N) is 2. The molecule has 538 valence electrons. The van der Waals surface area contributed by atoms with Gasteiger partial charge in [-0.2, -0.15) is 0 Å². The van der Waals surface area contributed by atoms with Crippen LogP contribution < -0.4 is 25.9 Å². The summed E-state index contributed by atoms with van der Waals surface area (Å²) < 4.78 is 33.4. The number of benzene rings is 4.